The molecule has 0 aliphatic carbocycles. The summed E-state index contributed by atoms with van der Waals surface area (Å²) in [6, 6.07) is 13.5. The Bertz CT molecular complexity index is 1120. The van der Waals surface area contributed by atoms with Crippen molar-refractivity contribution in [2.45, 2.75) is 39.2 Å². The molecule has 0 radical (unpaired) electrons. The summed E-state index contributed by atoms with van der Waals surface area (Å²) in [7, 11) is 0. The van der Waals surface area contributed by atoms with Crippen molar-refractivity contribution < 1.29 is 9.53 Å². The number of nitrogens with zero attached hydrogens (tertiary/aromatic N) is 2. The van der Waals surface area contributed by atoms with Crippen molar-refractivity contribution in [3.8, 4) is 5.75 Å². The summed E-state index contributed by atoms with van der Waals surface area (Å²) >= 11 is 1.71. The van der Waals surface area contributed by atoms with Gasteiger partial charge < -0.3 is 19.5 Å². The zero-order valence-corrected chi connectivity index (χ0v) is 19.9. The molecule has 6 nitrogen and oxygen atoms in total. The van der Waals surface area contributed by atoms with Crippen LogP contribution in [-0.2, 0) is 17.8 Å². The summed E-state index contributed by atoms with van der Waals surface area (Å²) in [6.45, 7) is 5.05. The van der Waals surface area contributed by atoms with Crippen LogP contribution >= 0.6 is 11.3 Å². The molecule has 0 bridgehead atoms. The topological polar surface area (TPSA) is 63.6 Å². The molecule has 3 aromatic rings. The van der Waals surface area contributed by atoms with E-state index in [4.69, 9.17) is 4.74 Å². The van der Waals surface area contributed by atoms with E-state index < -0.39 is 0 Å². The highest BCUT2D eigenvalue weighted by Gasteiger charge is 2.16. The number of thiophene rings is 1. The molecule has 0 saturated carbocycles. The first-order chi connectivity index (χ1) is 16.1. The van der Waals surface area contributed by atoms with Gasteiger partial charge in [0.15, 0.2) is 0 Å². The number of pyridine rings is 1. The number of anilines is 1. The molecule has 1 amide bonds. The van der Waals surface area contributed by atoms with Crippen LogP contribution in [0.25, 0.3) is 0 Å². The van der Waals surface area contributed by atoms with Crippen molar-refractivity contribution >= 4 is 22.9 Å². The highest BCUT2D eigenvalue weighted by Crippen LogP contribution is 2.20. The van der Waals surface area contributed by atoms with Crippen LogP contribution in [0.4, 0.5) is 5.69 Å². The molecular weight excluding hydrogens is 434 g/mol. The van der Waals surface area contributed by atoms with Gasteiger partial charge >= 0.3 is 0 Å². The van der Waals surface area contributed by atoms with Gasteiger partial charge in [-0.05, 0) is 60.9 Å². The maximum absolute atomic E-state index is 12.6. The Morgan fingerprint density at radius 3 is 2.73 bits per heavy atom. The monoisotopic (exact) mass is 465 g/mol. The highest BCUT2D eigenvalue weighted by atomic mass is 32.1. The number of carbonyl (C=O) groups excluding carboxylic acids is 1. The molecule has 1 N–H and O–H groups in total. The van der Waals surface area contributed by atoms with Crippen molar-refractivity contribution in [1.82, 2.24) is 9.47 Å². The van der Waals surface area contributed by atoms with Crippen LogP contribution in [0, 0.1) is 6.92 Å². The van der Waals surface area contributed by atoms with Crippen LogP contribution in [0.1, 0.15) is 35.3 Å². The molecule has 0 atom stereocenters. The first kappa shape index (κ1) is 23.1. The number of benzene rings is 1. The predicted octanol–water partition coefficient (Wildman–Crippen LogP) is 4.31. The first-order valence-corrected chi connectivity index (χ1v) is 12.4. The van der Waals surface area contributed by atoms with Gasteiger partial charge in [0.05, 0.1) is 19.7 Å². The predicted molar refractivity (Wildman–Crippen MR) is 133 cm³/mol. The normalized spacial score (nSPS) is 13.7. The van der Waals surface area contributed by atoms with Crippen molar-refractivity contribution in [3.63, 3.8) is 0 Å². The smallest absolute Gasteiger partial charge is 0.254 e. The van der Waals surface area contributed by atoms with E-state index in [9.17, 15) is 9.59 Å². The van der Waals surface area contributed by atoms with Crippen molar-refractivity contribution in [1.29, 1.82) is 0 Å². The van der Waals surface area contributed by atoms with Crippen molar-refractivity contribution in [2.75, 3.05) is 31.6 Å². The summed E-state index contributed by atoms with van der Waals surface area (Å²) in [6.07, 6.45) is 6.00. The zero-order chi connectivity index (χ0) is 23.0. The number of hydrogen-bond donors (Lipinski definition) is 1. The van der Waals surface area contributed by atoms with Crippen LogP contribution in [-0.4, -0.2) is 41.6 Å². The number of aromatic nitrogens is 1. The molecular formula is C26H31N3O3S. The average Bonchev–Trinajstić information content (AvgIpc) is 3.35. The first-order valence-electron chi connectivity index (χ1n) is 11.6. The van der Waals surface area contributed by atoms with Crippen LogP contribution in [0.15, 0.2) is 58.8 Å². The summed E-state index contributed by atoms with van der Waals surface area (Å²) in [5.41, 5.74) is 2.92. The van der Waals surface area contributed by atoms with Gasteiger partial charge in [-0.2, -0.15) is 0 Å². The Balaban J connectivity index is 1.35. The number of nitrogens with one attached hydrogen (secondary N) is 1. The molecule has 7 heteroatoms. The second-order valence-corrected chi connectivity index (χ2v) is 9.42. The van der Waals surface area contributed by atoms with E-state index >= 15 is 0 Å². The van der Waals surface area contributed by atoms with Gasteiger partial charge in [-0.15, -0.1) is 11.3 Å². The second kappa shape index (κ2) is 11.2. The van der Waals surface area contributed by atoms with Gasteiger partial charge in [-0.25, -0.2) is 0 Å². The van der Waals surface area contributed by atoms with Crippen molar-refractivity contribution in [2.24, 2.45) is 0 Å². The summed E-state index contributed by atoms with van der Waals surface area (Å²) in [4.78, 5) is 28.3. The van der Waals surface area contributed by atoms with Gasteiger partial charge in [-0.1, -0.05) is 18.2 Å². The number of likely N-dealkylation sites (tertiary alicyclic amines) is 1. The molecule has 1 aliphatic rings. The van der Waals surface area contributed by atoms with Crippen LogP contribution < -0.4 is 15.6 Å². The molecule has 1 fully saturated rings. The lowest BCUT2D eigenvalue weighted by atomic mass is 10.1. The number of hydrogen-bond acceptors (Lipinski definition) is 5. The third-order valence-corrected chi connectivity index (χ3v) is 7.03. The SMILES string of the molecule is Cc1c(Cn2ccc(OCCc3cccs3)cc2=O)cccc1NCC(=O)N1CCCCC1. The van der Waals surface area contributed by atoms with Crippen molar-refractivity contribution in [3.05, 3.63) is 80.4 Å². The van der Waals surface area contributed by atoms with Crippen LogP contribution in [0.5, 0.6) is 5.75 Å². The fourth-order valence-electron chi connectivity index (χ4n) is 4.09. The third kappa shape index (κ3) is 6.26. The molecule has 3 heterocycles. The highest BCUT2D eigenvalue weighted by molar-refractivity contribution is 7.09. The average molecular weight is 466 g/mol. The minimum absolute atomic E-state index is 0.0957. The van der Waals surface area contributed by atoms with Gasteiger partial charge in [0.25, 0.3) is 5.56 Å². The Morgan fingerprint density at radius 2 is 1.97 bits per heavy atom. The van der Waals surface area contributed by atoms with Gasteiger partial charge in [0.2, 0.25) is 5.91 Å². The number of piperidine rings is 1. The Labute approximate surface area is 198 Å². The number of carbonyl (C=O) groups is 1. The fourth-order valence-corrected chi connectivity index (χ4v) is 4.78. The minimum Gasteiger partial charge on any atom is -0.493 e. The molecule has 1 aliphatic heterocycles. The van der Waals surface area contributed by atoms with E-state index in [2.05, 4.69) is 16.8 Å². The molecule has 1 aromatic carbocycles. The summed E-state index contributed by atoms with van der Waals surface area (Å²) < 4.78 is 7.44. The number of ether oxygens (including phenoxy) is 1. The number of rotatable bonds is 9. The number of amides is 1. The standard InChI is InChI=1S/C26H31N3O3S/c1-20-21(7-5-9-24(20)27-18-26(31)28-12-3-2-4-13-28)19-29-14-10-22(17-25(29)30)32-15-11-23-8-6-16-33-23/h5-10,14,16-17,27H,2-4,11-13,15,18-19H2,1H3. The van der Waals surface area contributed by atoms with E-state index in [1.54, 1.807) is 28.2 Å². The lowest BCUT2D eigenvalue weighted by Crippen LogP contribution is -2.39. The molecule has 174 valence electrons. The lowest BCUT2D eigenvalue weighted by Gasteiger charge is -2.27. The Kier molecular flexibility index (Phi) is 7.83. The molecule has 2 aromatic heterocycles. The summed E-state index contributed by atoms with van der Waals surface area (Å²) in [5.74, 6) is 0.738. The van der Waals surface area contributed by atoms with Crippen LogP contribution in [0.2, 0.25) is 0 Å². The van der Waals surface area contributed by atoms with Gasteiger partial charge in [-0.3, -0.25) is 9.59 Å². The molecule has 4 rings (SSSR count). The quantitative estimate of drug-likeness (QED) is 0.511. The zero-order valence-electron chi connectivity index (χ0n) is 19.1. The summed E-state index contributed by atoms with van der Waals surface area (Å²) in [5, 5.41) is 5.35. The molecule has 1 saturated heterocycles. The second-order valence-electron chi connectivity index (χ2n) is 8.39. The van der Waals surface area contributed by atoms with Gasteiger partial charge in [0, 0.05) is 42.3 Å². The van der Waals surface area contributed by atoms with E-state index in [-0.39, 0.29) is 11.5 Å². The van der Waals surface area contributed by atoms with Crippen LogP contribution in [0.3, 0.4) is 0 Å². The lowest BCUT2D eigenvalue weighted by molar-refractivity contribution is -0.130. The molecule has 33 heavy (non-hydrogen) atoms. The maximum Gasteiger partial charge on any atom is 0.254 e. The van der Waals surface area contributed by atoms with E-state index in [1.165, 1.54) is 11.3 Å². The van der Waals surface area contributed by atoms with E-state index in [1.807, 2.05) is 42.2 Å². The Hall–Kier alpha value is -3.06. The largest absolute Gasteiger partial charge is 0.493 e. The Morgan fingerprint density at radius 1 is 1.12 bits per heavy atom. The molecule has 0 spiro atoms. The van der Waals surface area contributed by atoms with Gasteiger partial charge in [0.1, 0.15) is 5.75 Å². The van der Waals surface area contributed by atoms with E-state index in [0.717, 1.165) is 49.2 Å². The minimum atomic E-state index is -0.0957. The fraction of sp³-hybridized carbons (Fsp3) is 0.385. The third-order valence-electron chi connectivity index (χ3n) is 6.09. The maximum atomic E-state index is 12.6. The molecule has 0 unspecified atom stereocenters. The van der Waals surface area contributed by atoms with E-state index in [0.29, 0.717) is 25.4 Å².